The number of amides is 2. The highest BCUT2D eigenvalue weighted by Gasteiger charge is 2.21. The smallest absolute Gasteiger partial charge is 0.337 e. The van der Waals surface area contributed by atoms with Crippen molar-refractivity contribution in [2.24, 2.45) is 0 Å². The Balaban J connectivity index is 1.89. The van der Waals surface area contributed by atoms with E-state index < -0.39 is 5.97 Å². The molecule has 156 valence electrons. The molecule has 0 radical (unpaired) electrons. The summed E-state index contributed by atoms with van der Waals surface area (Å²) in [5.74, 6) is 0.102. The summed E-state index contributed by atoms with van der Waals surface area (Å²) in [5, 5.41) is 10.3. The third-order valence-corrected chi connectivity index (χ3v) is 4.88. The first kappa shape index (κ1) is 21.6. The van der Waals surface area contributed by atoms with Crippen molar-refractivity contribution in [2.45, 2.75) is 26.2 Å². The lowest BCUT2D eigenvalue weighted by atomic mass is 9.92. The minimum absolute atomic E-state index is 0.212. The number of carbonyl (C=O) groups is 2. The van der Waals surface area contributed by atoms with E-state index in [-0.39, 0.29) is 11.4 Å². The van der Waals surface area contributed by atoms with Crippen LogP contribution in [0.25, 0.3) is 5.69 Å². The van der Waals surface area contributed by atoms with E-state index in [2.05, 4.69) is 31.7 Å². The molecular weight excluding hydrogens is 448 g/mol. The van der Waals surface area contributed by atoms with E-state index in [1.807, 2.05) is 39.0 Å². The van der Waals surface area contributed by atoms with E-state index in [4.69, 9.17) is 4.74 Å². The van der Waals surface area contributed by atoms with Crippen molar-refractivity contribution in [2.75, 3.05) is 17.7 Å². The monoisotopic (exact) mass is 470 g/mol. The Morgan fingerprint density at radius 1 is 1.00 bits per heavy atom. The average molecular weight is 471 g/mol. The molecule has 0 unspecified atom stereocenters. The molecule has 3 aromatic rings. The number of halogens is 1. The summed E-state index contributed by atoms with van der Waals surface area (Å²) in [7, 11) is 1.34. The lowest BCUT2D eigenvalue weighted by Gasteiger charge is -2.14. The number of anilines is 2. The standard InChI is InChI=1S/C22H23BrN4O3/c1-22(2,3)18-13-19(25-21(29)24-16-9-7-15(23)8-10-16)27(26-18)17-11-5-14(6-12-17)20(28)30-4/h5-13H,1-4H3,(H2,24,25,29). The van der Waals surface area contributed by atoms with Gasteiger partial charge in [-0.2, -0.15) is 5.10 Å². The van der Waals surface area contributed by atoms with Crippen LogP contribution in [0.3, 0.4) is 0 Å². The van der Waals surface area contributed by atoms with Crippen LogP contribution in [0.1, 0.15) is 36.8 Å². The fourth-order valence-electron chi connectivity index (χ4n) is 2.70. The molecule has 0 aliphatic rings. The van der Waals surface area contributed by atoms with E-state index in [1.54, 1.807) is 41.1 Å². The third-order valence-electron chi connectivity index (χ3n) is 4.35. The van der Waals surface area contributed by atoms with Gasteiger partial charge >= 0.3 is 12.0 Å². The Kier molecular flexibility index (Phi) is 6.26. The van der Waals surface area contributed by atoms with E-state index in [9.17, 15) is 9.59 Å². The highest BCUT2D eigenvalue weighted by atomic mass is 79.9. The lowest BCUT2D eigenvalue weighted by molar-refractivity contribution is 0.0600. The van der Waals surface area contributed by atoms with E-state index >= 15 is 0 Å². The van der Waals surface area contributed by atoms with Gasteiger partial charge in [0, 0.05) is 21.6 Å². The van der Waals surface area contributed by atoms with Gasteiger partial charge in [0.1, 0.15) is 5.82 Å². The van der Waals surface area contributed by atoms with Gasteiger partial charge in [0.25, 0.3) is 0 Å². The lowest BCUT2D eigenvalue weighted by Crippen LogP contribution is -2.21. The molecule has 3 rings (SSSR count). The predicted octanol–water partition coefficient (Wildman–Crippen LogP) is 5.36. The Labute approximate surface area is 183 Å². The largest absolute Gasteiger partial charge is 0.465 e. The fraction of sp³-hybridized carbons (Fsp3) is 0.227. The second-order valence-corrected chi connectivity index (χ2v) is 8.62. The van der Waals surface area contributed by atoms with Gasteiger partial charge in [-0.25, -0.2) is 14.3 Å². The number of methoxy groups -OCH3 is 1. The summed E-state index contributed by atoms with van der Waals surface area (Å²) in [6, 6.07) is 15.6. The molecule has 30 heavy (non-hydrogen) atoms. The number of aromatic nitrogens is 2. The molecule has 1 aromatic heterocycles. The maximum Gasteiger partial charge on any atom is 0.337 e. The highest BCUT2D eigenvalue weighted by Crippen LogP contribution is 2.26. The van der Waals surface area contributed by atoms with Gasteiger partial charge < -0.3 is 10.1 Å². The number of hydrogen-bond donors (Lipinski definition) is 2. The SMILES string of the molecule is COC(=O)c1ccc(-n2nc(C(C)(C)C)cc2NC(=O)Nc2ccc(Br)cc2)cc1. The molecule has 0 atom stereocenters. The number of ether oxygens (including phenoxy) is 1. The van der Waals surface area contributed by atoms with Crippen molar-refractivity contribution in [3.8, 4) is 5.69 Å². The zero-order valence-corrected chi connectivity index (χ0v) is 18.8. The van der Waals surface area contributed by atoms with Crippen LogP contribution in [-0.4, -0.2) is 28.9 Å². The van der Waals surface area contributed by atoms with E-state index in [0.29, 0.717) is 22.8 Å². The topological polar surface area (TPSA) is 85.2 Å². The first-order chi connectivity index (χ1) is 14.2. The van der Waals surface area contributed by atoms with Gasteiger partial charge in [-0.05, 0) is 48.5 Å². The second kappa shape index (κ2) is 8.71. The van der Waals surface area contributed by atoms with E-state index in [0.717, 1.165) is 10.2 Å². The third kappa shape index (κ3) is 5.07. The molecule has 1 heterocycles. The zero-order chi connectivity index (χ0) is 21.9. The van der Waals surface area contributed by atoms with Crippen LogP contribution >= 0.6 is 15.9 Å². The van der Waals surface area contributed by atoms with Crippen molar-refractivity contribution >= 4 is 39.4 Å². The Morgan fingerprint density at radius 3 is 2.20 bits per heavy atom. The molecule has 2 N–H and O–H groups in total. The number of hydrogen-bond acceptors (Lipinski definition) is 4. The Morgan fingerprint density at radius 2 is 1.63 bits per heavy atom. The Bertz CT molecular complexity index is 1050. The van der Waals surface area contributed by atoms with Crippen LogP contribution in [0.2, 0.25) is 0 Å². The Hall–Kier alpha value is -3.13. The van der Waals surface area contributed by atoms with Crippen LogP contribution in [0.15, 0.2) is 59.1 Å². The molecule has 2 amide bonds. The molecule has 0 aliphatic heterocycles. The highest BCUT2D eigenvalue weighted by molar-refractivity contribution is 9.10. The van der Waals surface area contributed by atoms with Crippen LogP contribution in [0, 0.1) is 0 Å². The number of urea groups is 1. The number of nitrogens with one attached hydrogen (secondary N) is 2. The number of esters is 1. The molecular formula is C22H23BrN4O3. The fourth-order valence-corrected chi connectivity index (χ4v) is 2.97. The van der Waals surface area contributed by atoms with E-state index in [1.165, 1.54) is 7.11 Å². The number of benzene rings is 2. The quantitative estimate of drug-likeness (QED) is 0.502. The second-order valence-electron chi connectivity index (χ2n) is 7.70. The molecule has 0 bridgehead atoms. The van der Waals surface area contributed by atoms with Crippen LogP contribution in [0.4, 0.5) is 16.3 Å². The first-order valence-corrected chi connectivity index (χ1v) is 10.1. The van der Waals surface area contributed by atoms with Crippen LogP contribution < -0.4 is 10.6 Å². The normalized spacial score (nSPS) is 11.1. The first-order valence-electron chi connectivity index (χ1n) is 9.30. The van der Waals surface area contributed by atoms with Crippen molar-refractivity contribution in [1.82, 2.24) is 9.78 Å². The number of nitrogens with zero attached hydrogens (tertiary/aromatic N) is 2. The van der Waals surface area contributed by atoms with Gasteiger partial charge in [0.2, 0.25) is 0 Å². The summed E-state index contributed by atoms with van der Waals surface area (Å²) in [6.45, 7) is 6.14. The minimum atomic E-state index is -0.412. The predicted molar refractivity (Wildman–Crippen MR) is 120 cm³/mol. The van der Waals surface area contributed by atoms with Gasteiger partial charge in [0.15, 0.2) is 0 Å². The molecule has 8 heteroatoms. The average Bonchev–Trinajstić information content (AvgIpc) is 3.13. The molecule has 0 fully saturated rings. The van der Waals surface area contributed by atoms with Crippen molar-refractivity contribution in [1.29, 1.82) is 0 Å². The van der Waals surface area contributed by atoms with Crippen molar-refractivity contribution in [3.05, 3.63) is 70.3 Å². The van der Waals surface area contributed by atoms with Gasteiger partial charge in [0.05, 0.1) is 24.1 Å². The van der Waals surface area contributed by atoms with Crippen molar-refractivity contribution < 1.29 is 14.3 Å². The summed E-state index contributed by atoms with van der Waals surface area (Å²) in [6.07, 6.45) is 0. The molecule has 0 aliphatic carbocycles. The zero-order valence-electron chi connectivity index (χ0n) is 17.2. The summed E-state index contributed by atoms with van der Waals surface area (Å²) >= 11 is 3.37. The number of rotatable bonds is 4. The molecule has 0 spiro atoms. The van der Waals surface area contributed by atoms with Gasteiger partial charge in [-0.1, -0.05) is 36.7 Å². The molecule has 2 aromatic carbocycles. The summed E-state index contributed by atoms with van der Waals surface area (Å²) in [5.41, 5.74) is 2.42. The molecule has 7 nitrogen and oxygen atoms in total. The summed E-state index contributed by atoms with van der Waals surface area (Å²) in [4.78, 5) is 24.2. The number of carbonyl (C=O) groups excluding carboxylic acids is 2. The van der Waals surface area contributed by atoms with Gasteiger partial charge in [-0.15, -0.1) is 0 Å². The van der Waals surface area contributed by atoms with Gasteiger partial charge in [-0.3, -0.25) is 5.32 Å². The van der Waals surface area contributed by atoms with Crippen molar-refractivity contribution in [3.63, 3.8) is 0 Å². The maximum absolute atomic E-state index is 12.6. The minimum Gasteiger partial charge on any atom is -0.465 e. The van der Waals surface area contributed by atoms with Crippen LogP contribution in [-0.2, 0) is 10.2 Å². The maximum atomic E-state index is 12.6. The molecule has 0 saturated carbocycles. The molecule has 0 saturated heterocycles. The summed E-state index contributed by atoms with van der Waals surface area (Å²) < 4.78 is 7.31. The van der Waals surface area contributed by atoms with Crippen LogP contribution in [0.5, 0.6) is 0 Å².